The van der Waals surface area contributed by atoms with Crippen molar-refractivity contribution in [2.24, 2.45) is 13.0 Å². The fourth-order valence-corrected chi connectivity index (χ4v) is 3.07. The van der Waals surface area contributed by atoms with Crippen molar-refractivity contribution in [2.45, 2.75) is 5.92 Å². The monoisotopic (exact) mass is 348 g/mol. The number of rotatable bonds is 6. The Bertz CT molecular complexity index is 686. The van der Waals surface area contributed by atoms with Crippen molar-refractivity contribution >= 4 is 17.5 Å². The van der Waals surface area contributed by atoms with Gasteiger partial charge >= 0.3 is 0 Å². The van der Waals surface area contributed by atoms with Crippen molar-refractivity contribution in [1.29, 1.82) is 0 Å². The SMILES string of the molecule is Cn1cc([C@H]2CNC[C@@H]2C(=O)NCCOc2ccc(Cl)cc2)cn1. The summed E-state index contributed by atoms with van der Waals surface area (Å²) in [5.41, 5.74) is 1.10. The van der Waals surface area contributed by atoms with Gasteiger partial charge in [0.2, 0.25) is 5.91 Å². The summed E-state index contributed by atoms with van der Waals surface area (Å²) < 4.78 is 7.35. The highest BCUT2D eigenvalue weighted by Gasteiger charge is 2.34. The van der Waals surface area contributed by atoms with Crippen LogP contribution in [0.3, 0.4) is 0 Å². The first kappa shape index (κ1) is 16.8. The maximum absolute atomic E-state index is 12.4. The Balaban J connectivity index is 1.46. The van der Waals surface area contributed by atoms with Gasteiger partial charge in [0.15, 0.2) is 0 Å². The number of ether oxygens (including phenoxy) is 1. The first-order valence-electron chi connectivity index (χ1n) is 7.99. The van der Waals surface area contributed by atoms with E-state index in [2.05, 4.69) is 15.7 Å². The second-order valence-electron chi connectivity index (χ2n) is 5.91. The van der Waals surface area contributed by atoms with Gasteiger partial charge in [-0.1, -0.05) is 11.6 Å². The molecule has 1 aliphatic heterocycles. The number of benzene rings is 1. The zero-order valence-electron chi connectivity index (χ0n) is 13.5. The number of halogens is 1. The molecule has 0 aliphatic carbocycles. The number of nitrogens with zero attached hydrogens (tertiary/aromatic N) is 2. The average molecular weight is 349 g/mol. The molecule has 7 heteroatoms. The highest BCUT2D eigenvalue weighted by Crippen LogP contribution is 2.27. The molecule has 2 heterocycles. The molecule has 0 radical (unpaired) electrons. The predicted molar refractivity (Wildman–Crippen MR) is 92.3 cm³/mol. The maximum atomic E-state index is 12.4. The third kappa shape index (κ3) is 4.07. The second kappa shape index (κ2) is 7.68. The van der Waals surface area contributed by atoms with Gasteiger partial charge in [-0.05, 0) is 29.8 Å². The molecule has 1 saturated heterocycles. The van der Waals surface area contributed by atoms with E-state index >= 15 is 0 Å². The van der Waals surface area contributed by atoms with Crippen molar-refractivity contribution in [1.82, 2.24) is 20.4 Å². The molecule has 1 amide bonds. The topological polar surface area (TPSA) is 68.2 Å². The van der Waals surface area contributed by atoms with Crippen LogP contribution in [0.5, 0.6) is 5.75 Å². The van der Waals surface area contributed by atoms with Crippen molar-refractivity contribution in [3.05, 3.63) is 47.2 Å². The number of amides is 1. The molecule has 3 rings (SSSR count). The Kier molecular flexibility index (Phi) is 5.37. The first-order chi connectivity index (χ1) is 11.6. The number of carbonyl (C=O) groups excluding carboxylic acids is 1. The lowest BCUT2D eigenvalue weighted by atomic mass is 9.90. The van der Waals surface area contributed by atoms with Crippen LogP contribution in [0.1, 0.15) is 11.5 Å². The van der Waals surface area contributed by atoms with Crippen LogP contribution in [-0.4, -0.2) is 41.9 Å². The molecule has 1 fully saturated rings. The zero-order valence-corrected chi connectivity index (χ0v) is 14.3. The number of carbonyl (C=O) groups is 1. The molecule has 0 spiro atoms. The number of hydrogen-bond acceptors (Lipinski definition) is 4. The molecule has 24 heavy (non-hydrogen) atoms. The second-order valence-corrected chi connectivity index (χ2v) is 6.35. The highest BCUT2D eigenvalue weighted by atomic mass is 35.5. The molecule has 128 valence electrons. The van der Waals surface area contributed by atoms with Gasteiger partial charge in [-0.3, -0.25) is 9.48 Å². The van der Waals surface area contributed by atoms with E-state index in [1.165, 1.54) is 0 Å². The first-order valence-corrected chi connectivity index (χ1v) is 8.36. The largest absolute Gasteiger partial charge is 0.492 e. The van der Waals surface area contributed by atoms with Gasteiger partial charge in [-0.2, -0.15) is 5.10 Å². The summed E-state index contributed by atoms with van der Waals surface area (Å²) in [6.45, 7) is 2.37. The normalized spacial score (nSPS) is 20.1. The Hall–Kier alpha value is -2.05. The quantitative estimate of drug-likeness (QED) is 0.778. The van der Waals surface area contributed by atoms with Crippen LogP contribution in [0.15, 0.2) is 36.7 Å². The predicted octanol–water partition coefficient (Wildman–Crippen LogP) is 1.57. The van der Waals surface area contributed by atoms with E-state index in [1.54, 1.807) is 16.8 Å². The van der Waals surface area contributed by atoms with E-state index in [0.29, 0.717) is 24.7 Å². The summed E-state index contributed by atoms with van der Waals surface area (Å²) in [4.78, 5) is 12.4. The minimum absolute atomic E-state index is 0.0496. The van der Waals surface area contributed by atoms with Crippen LogP contribution in [0, 0.1) is 5.92 Å². The zero-order chi connectivity index (χ0) is 16.9. The van der Waals surface area contributed by atoms with Gasteiger partial charge in [0, 0.05) is 37.3 Å². The summed E-state index contributed by atoms with van der Waals surface area (Å²) in [7, 11) is 1.88. The van der Waals surface area contributed by atoms with Crippen LogP contribution in [0.2, 0.25) is 5.02 Å². The summed E-state index contributed by atoms with van der Waals surface area (Å²) in [6.07, 6.45) is 3.81. The molecular weight excluding hydrogens is 328 g/mol. The molecule has 0 unspecified atom stereocenters. The standard InChI is InChI=1S/C17H21ClN4O2/c1-22-11-12(8-21-22)15-9-19-10-16(15)17(23)20-6-7-24-14-4-2-13(18)3-5-14/h2-5,8,11,15-16,19H,6-7,9-10H2,1H3,(H,20,23)/t15-,16+/m1/s1. The third-order valence-corrected chi connectivity index (χ3v) is 4.44. The fraction of sp³-hybridized carbons (Fsp3) is 0.412. The van der Waals surface area contributed by atoms with Gasteiger partial charge in [0.05, 0.1) is 18.7 Å². The molecule has 0 bridgehead atoms. The van der Waals surface area contributed by atoms with E-state index in [-0.39, 0.29) is 17.7 Å². The van der Waals surface area contributed by atoms with Crippen LogP contribution >= 0.6 is 11.6 Å². The van der Waals surface area contributed by atoms with Crippen LogP contribution < -0.4 is 15.4 Å². The summed E-state index contributed by atoms with van der Waals surface area (Å²) in [5.74, 6) is 0.874. The average Bonchev–Trinajstić information content (AvgIpc) is 3.21. The van der Waals surface area contributed by atoms with E-state index in [4.69, 9.17) is 16.3 Å². The lowest BCUT2D eigenvalue weighted by Gasteiger charge is -2.17. The van der Waals surface area contributed by atoms with Crippen molar-refractivity contribution < 1.29 is 9.53 Å². The van der Waals surface area contributed by atoms with Gasteiger partial charge in [-0.25, -0.2) is 0 Å². The molecule has 0 saturated carbocycles. The Morgan fingerprint density at radius 3 is 2.92 bits per heavy atom. The highest BCUT2D eigenvalue weighted by molar-refractivity contribution is 6.30. The molecule has 1 aliphatic rings. The van der Waals surface area contributed by atoms with Crippen LogP contribution in [0.25, 0.3) is 0 Å². The number of nitrogens with one attached hydrogen (secondary N) is 2. The molecule has 2 aromatic rings. The summed E-state index contributed by atoms with van der Waals surface area (Å²) >= 11 is 5.83. The molecule has 1 aromatic carbocycles. The van der Waals surface area contributed by atoms with Crippen molar-refractivity contribution in [3.63, 3.8) is 0 Å². The minimum Gasteiger partial charge on any atom is -0.492 e. The van der Waals surface area contributed by atoms with Gasteiger partial charge in [0.1, 0.15) is 12.4 Å². The maximum Gasteiger partial charge on any atom is 0.225 e. The summed E-state index contributed by atoms with van der Waals surface area (Å²) in [6, 6.07) is 7.17. The van der Waals surface area contributed by atoms with Crippen molar-refractivity contribution in [2.75, 3.05) is 26.2 Å². The molecule has 2 atom stereocenters. The molecule has 6 nitrogen and oxygen atoms in total. The van der Waals surface area contributed by atoms with Crippen molar-refractivity contribution in [3.8, 4) is 5.75 Å². The van der Waals surface area contributed by atoms with E-state index in [1.807, 2.05) is 31.6 Å². The number of hydrogen-bond donors (Lipinski definition) is 2. The Morgan fingerprint density at radius 2 is 2.21 bits per heavy atom. The number of aryl methyl sites for hydroxylation is 1. The molecular formula is C17H21ClN4O2. The third-order valence-electron chi connectivity index (χ3n) is 4.19. The Morgan fingerprint density at radius 1 is 1.42 bits per heavy atom. The van der Waals surface area contributed by atoms with E-state index in [0.717, 1.165) is 17.9 Å². The molecule has 2 N–H and O–H groups in total. The smallest absolute Gasteiger partial charge is 0.225 e. The fourth-order valence-electron chi connectivity index (χ4n) is 2.94. The van der Waals surface area contributed by atoms with Crippen LogP contribution in [-0.2, 0) is 11.8 Å². The van der Waals surface area contributed by atoms with Gasteiger partial charge < -0.3 is 15.4 Å². The summed E-state index contributed by atoms with van der Waals surface area (Å²) in [5, 5.41) is 11.1. The van der Waals surface area contributed by atoms with Gasteiger partial charge in [0.25, 0.3) is 0 Å². The minimum atomic E-state index is -0.0790. The van der Waals surface area contributed by atoms with Crippen LogP contribution in [0.4, 0.5) is 0 Å². The van der Waals surface area contributed by atoms with E-state index in [9.17, 15) is 4.79 Å². The Labute approximate surface area is 146 Å². The van der Waals surface area contributed by atoms with E-state index < -0.39 is 0 Å². The lowest BCUT2D eigenvalue weighted by molar-refractivity contribution is -0.124. The molecule has 1 aromatic heterocycles. The number of aromatic nitrogens is 2. The van der Waals surface area contributed by atoms with Gasteiger partial charge in [-0.15, -0.1) is 0 Å². The lowest BCUT2D eigenvalue weighted by Crippen LogP contribution is -2.36.